The molecule has 3 rings (SSSR count). The second-order valence-electron chi connectivity index (χ2n) is 6.89. The summed E-state index contributed by atoms with van der Waals surface area (Å²) in [5.74, 6) is 0. The molecule has 0 nitrogen and oxygen atoms in total. The third-order valence-corrected chi connectivity index (χ3v) is 4.65. The molecule has 0 spiro atoms. The van der Waals surface area contributed by atoms with Crippen molar-refractivity contribution < 1.29 is 0 Å². The summed E-state index contributed by atoms with van der Waals surface area (Å²) in [7, 11) is 0. The van der Waals surface area contributed by atoms with Gasteiger partial charge in [-0.15, -0.1) is 0 Å². The molecule has 0 N–H and O–H groups in total. The average molecular weight is 351 g/mol. The van der Waals surface area contributed by atoms with Crippen molar-refractivity contribution in [2.75, 3.05) is 0 Å². The molecule has 0 saturated carbocycles. The molecule has 0 aliphatic carbocycles. The van der Waals surface area contributed by atoms with E-state index >= 15 is 0 Å². The molecule has 3 aromatic rings. The van der Waals surface area contributed by atoms with Crippen molar-refractivity contribution in [3.63, 3.8) is 0 Å². The van der Waals surface area contributed by atoms with Crippen LogP contribution in [0.1, 0.15) is 22.3 Å². The zero-order valence-electron chi connectivity index (χ0n) is 16.2. The molecule has 0 aliphatic rings. The average Bonchev–Trinajstić information content (AvgIpc) is 2.69. The van der Waals surface area contributed by atoms with Gasteiger partial charge in [0.1, 0.15) is 0 Å². The highest BCUT2D eigenvalue weighted by molar-refractivity contribution is 5.74. The van der Waals surface area contributed by atoms with Gasteiger partial charge in [0.25, 0.3) is 0 Å². The molecule has 3 aromatic carbocycles. The third-order valence-electron chi connectivity index (χ3n) is 4.65. The number of hydrogen-bond acceptors (Lipinski definition) is 0. The van der Waals surface area contributed by atoms with E-state index in [-0.39, 0.29) is 0 Å². The Balaban J connectivity index is 1.71. The summed E-state index contributed by atoms with van der Waals surface area (Å²) in [5.41, 5.74) is 8.75. The molecule has 0 bridgehead atoms. The molecule has 0 aromatic heterocycles. The first kappa shape index (κ1) is 18.7. The maximum absolute atomic E-state index is 3.95. The van der Waals surface area contributed by atoms with Gasteiger partial charge < -0.3 is 0 Å². The Morgan fingerprint density at radius 1 is 0.815 bits per heavy atom. The van der Waals surface area contributed by atoms with E-state index in [4.69, 9.17) is 0 Å². The standard InChI is InChI=1S/C27H26/c1-4-24(25-17-15-21(2)16-18-25)12-6-5-10-23-11-8-14-27(20-23)26-13-7-9-22(3)19-26/h4-9,11-20H,1,10H2,2-3H3. The number of rotatable bonds is 6. The van der Waals surface area contributed by atoms with Crippen molar-refractivity contribution in [1.29, 1.82) is 0 Å². The van der Waals surface area contributed by atoms with Crippen molar-refractivity contribution in [2.24, 2.45) is 0 Å². The maximum Gasteiger partial charge on any atom is -0.00941 e. The zero-order chi connectivity index (χ0) is 19.1. The third kappa shape index (κ3) is 5.18. The molecule has 0 saturated heterocycles. The minimum absolute atomic E-state index is 0.911. The summed E-state index contributed by atoms with van der Waals surface area (Å²) >= 11 is 0. The van der Waals surface area contributed by atoms with Crippen LogP contribution in [-0.2, 0) is 6.42 Å². The molecule has 0 radical (unpaired) electrons. The van der Waals surface area contributed by atoms with Gasteiger partial charge in [0.2, 0.25) is 0 Å². The summed E-state index contributed by atoms with van der Waals surface area (Å²) in [5, 5.41) is 0. The fraction of sp³-hybridized carbons (Fsp3) is 0.111. The molecule has 134 valence electrons. The van der Waals surface area contributed by atoms with Crippen LogP contribution >= 0.6 is 0 Å². The lowest BCUT2D eigenvalue weighted by Gasteiger charge is -2.05. The largest absolute Gasteiger partial charge is 0.0984 e. The maximum atomic E-state index is 3.95. The molecule has 0 amide bonds. The molecule has 27 heavy (non-hydrogen) atoms. The monoisotopic (exact) mass is 350 g/mol. The lowest BCUT2D eigenvalue weighted by atomic mass is 10.00. The van der Waals surface area contributed by atoms with Crippen LogP contribution in [0.4, 0.5) is 0 Å². The minimum Gasteiger partial charge on any atom is -0.0984 e. The summed E-state index contributed by atoms with van der Waals surface area (Å²) in [6.45, 7) is 8.18. The quantitative estimate of drug-likeness (QED) is 0.408. The molecular formula is C27H26. The normalized spacial score (nSPS) is 11.7. The van der Waals surface area contributed by atoms with Gasteiger partial charge in [-0.3, -0.25) is 0 Å². The predicted molar refractivity (Wildman–Crippen MR) is 119 cm³/mol. The predicted octanol–water partition coefficient (Wildman–Crippen LogP) is 7.34. The van der Waals surface area contributed by atoms with Gasteiger partial charge in [-0.25, -0.2) is 0 Å². The Bertz CT molecular complexity index is 969. The van der Waals surface area contributed by atoms with Crippen molar-refractivity contribution in [3.05, 3.63) is 126 Å². The first-order chi connectivity index (χ1) is 13.2. The summed E-state index contributed by atoms with van der Waals surface area (Å²) in [6, 6.07) is 26.0. The van der Waals surface area contributed by atoms with Crippen LogP contribution in [0.5, 0.6) is 0 Å². The van der Waals surface area contributed by atoms with Gasteiger partial charge in [0.15, 0.2) is 0 Å². The van der Waals surface area contributed by atoms with E-state index in [1.54, 1.807) is 0 Å². The highest BCUT2D eigenvalue weighted by Crippen LogP contribution is 2.22. The van der Waals surface area contributed by atoms with E-state index < -0.39 is 0 Å². The first-order valence-electron chi connectivity index (χ1n) is 9.38. The van der Waals surface area contributed by atoms with Crippen LogP contribution in [-0.4, -0.2) is 0 Å². The van der Waals surface area contributed by atoms with Gasteiger partial charge in [-0.1, -0.05) is 115 Å². The Morgan fingerprint density at radius 2 is 1.52 bits per heavy atom. The van der Waals surface area contributed by atoms with E-state index in [0.29, 0.717) is 0 Å². The fourth-order valence-electron chi connectivity index (χ4n) is 3.11. The smallest absolute Gasteiger partial charge is 0.00941 e. The molecular weight excluding hydrogens is 324 g/mol. The van der Waals surface area contributed by atoms with Crippen LogP contribution in [0, 0.1) is 13.8 Å². The highest BCUT2D eigenvalue weighted by Gasteiger charge is 1.99. The second kappa shape index (κ2) is 9.00. The van der Waals surface area contributed by atoms with E-state index in [1.807, 2.05) is 6.08 Å². The number of benzene rings is 3. The van der Waals surface area contributed by atoms with Gasteiger partial charge >= 0.3 is 0 Å². The molecule has 0 atom stereocenters. The zero-order valence-corrected chi connectivity index (χ0v) is 16.2. The number of hydrogen-bond donors (Lipinski definition) is 0. The van der Waals surface area contributed by atoms with Gasteiger partial charge in [-0.2, -0.15) is 0 Å². The molecule has 0 fully saturated rings. The Hall–Kier alpha value is -3.12. The number of aryl methyl sites for hydroxylation is 2. The molecule has 0 heterocycles. The van der Waals surface area contributed by atoms with Crippen molar-refractivity contribution >= 4 is 5.57 Å². The van der Waals surface area contributed by atoms with Gasteiger partial charge in [0.05, 0.1) is 0 Å². The van der Waals surface area contributed by atoms with Crippen LogP contribution in [0.2, 0.25) is 0 Å². The fourth-order valence-corrected chi connectivity index (χ4v) is 3.11. The van der Waals surface area contributed by atoms with E-state index in [2.05, 4.69) is 111 Å². The van der Waals surface area contributed by atoms with Crippen molar-refractivity contribution in [2.45, 2.75) is 20.3 Å². The lowest BCUT2D eigenvalue weighted by molar-refractivity contribution is 1.27. The lowest BCUT2D eigenvalue weighted by Crippen LogP contribution is -1.84. The van der Waals surface area contributed by atoms with Crippen LogP contribution in [0.3, 0.4) is 0 Å². The molecule has 0 heteroatoms. The van der Waals surface area contributed by atoms with Crippen LogP contribution in [0.25, 0.3) is 16.7 Å². The molecule has 0 aliphatic heterocycles. The number of allylic oxidation sites excluding steroid dienone is 5. The Labute approximate surface area is 163 Å². The van der Waals surface area contributed by atoms with Crippen molar-refractivity contribution in [3.8, 4) is 11.1 Å². The SMILES string of the molecule is C=CC(=CC=CCc1cccc(-c2cccc(C)c2)c1)c1ccc(C)cc1. The van der Waals surface area contributed by atoms with Crippen LogP contribution in [0.15, 0.2) is 104 Å². The van der Waals surface area contributed by atoms with Gasteiger partial charge in [0, 0.05) is 0 Å². The minimum atomic E-state index is 0.911. The van der Waals surface area contributed by atoms with Crippen LogP contribution < -0.4 is 0 Å². The van der Waals surface area contributed by atoms with E-state index in [1.165, 1.54) is 33.4 Å². The van der Waals surface area contributed by atoms with E-state index in [0.717, 1.165) is 12.0 Å². The summed E-state index contributed by atoms with van der Waals surface area (Å²) in [4.78, 5) is 0. The Kier molecular flexibility index (Phi) is 6.22. The molecule has 0 unspecified atom stereocenters. The van der Waals surface area contributed by atoms with E-state index in [9.17, 15) is 0 Å². The summed E-state index contributed by atoms with van der Waals surface area (Å²) in [6.07, 6.45) is 9.27. The van der Waals surface area contributed by atoms with Gasteiger partial charge in [-0.05, 0) is 48.1 Å². The highest BCUT2D eigenvalue weighted by atomic mass is 14.0. The topological polar surface area (TPSA) is 0 Å². The Morgan fingerprint density at radius 3 is 2.22 bits per heavy atom. The summed E-state index contributed by atoms with van der Waals surface area (Å²) < 4.78 is 0. The first-order valence-corrected chi connectivity index (χ1v) is 9.38. The van der Waals surface area contributed by atoms with Crippen molar-refractivity contribution in [1.82, 2.24) is 0 Å². The second-order valence-corrected chi connectivity index (χ2v) is 6.89.